The maximum absolute atomic E-state index is 5.75. The van der Waals surface area contributed by atoms with E-state index in [1.54, 1.807) is 0 Å². The van der Waals surface area contributed by atoms with E-state index >= 15 is 0 Å². The molecule has 2 nitrogen and oxygen atoms in total. The molecule has 0 spiro atoms. The Bertz CT molecular complexity index is 345. The summed E-state index contributed by atoms with van der Waals surface area (Å²) < 4.78 is 5.75. The normalized spacial score (nSPS) is 10.9. The van der Waals surface area contributed by atoms with Crippen LogP contribution in [0, 0.1) is 27.7 Å². The van der Waals surface area contributed by atoms with E-state index in [2.05, 4.69) is 39.1 Å². The zero-order valence-corrected chi connectivity index (χ0v) is 11.8. The molecule has 0 atom stereocenters. The molecule has 1 aromatic rings. The zero-order chi connectivity index (χ0) is 12.8. The minimum atomic E-state index is 0.740. The van der Waals surface area contributed by atoms with E-state index in [4.69, 9.17) is 4.74 Å². The minimum Gasteiger partial charge on any atom is -0.377 e. The number of hydrogen-bond acceptors (Lipinski definition) is 2. The molecule has 0 saturated heterocycles. The number of ether oxygens (including phenoxy) is 1. The number of rotatable bonds is 6. The van der Waals surface area contributed by atoms with Gasteiger partial charge in [-0.15, -0.1) is 0 Å². The first-order valence-electron chi connectivity index (χ1n) is 6.36. The van der Waals surface area contributed by atoms with Crippen LogP contribution in [0.2, 0.25) is 0 Å². The molecule has 96 valence electrons. The van der Waals surface area contributed by atoms with E-state index < -0.39 is 0 Å². The van der Waals surface area contributed by atoms with Crippen molar-refractivity contribution in [1.82, 2.24) is 5.32 Å². The quantitative estimate of drug-likeness (QED) is 0.765. The van der Waals surface area contributed by atoms with Crippen molar-refractivity contribution in [2.24, 2.45) is 0 Å². The number of nitrogens with one attached hydrogen (secondary N) is 1. The Morgan fingerprint density at radius 2 is 1.65 bits per heavy atom. The molecule has 0 unspecified atom stereocenters. The van der Waals surface area contributed by atoms with Gasteiger partial charge in [-0.2, -0.15) is 0 Å². The van der Waals surface area contributed by atoms with E-state index in [1.807, 2.05) is 7.05 Å². The van der Waals surface area contributed by atoms with E-state index in [-0.39, 0.29) is 0 Å². The van der Waals surface area contributed by atoms with Crippen LogP contribution in [-0.4, -0.2) is 20.2 Å². The largest absolute Gasteiger partial charge is 0.377 e. The molecule has 2 heteroatoms. The molecule has 0 aliphatic heterocycles. The SMILES string of the molecule is CNCCCOCc1c(C)c(C)cc(C)c1C. The summed E-state index contributed by atoms with van der Waals surface area (Å²) in [6, 6.07) is 2.26. The first-order chi connectivity index (χ1) is 8.07. The van der Waals surface area contributed by atoms with Crippen LogP contribution in [0.5, 0.6) is 0 Å². The first-order valence-corrected chi connectivity index (χ1v) is 6.36. The van der Waals surface area contributed by atoms with Crippen molar-refractivity contribution in [3.8, 4) is 0 Å². The number of hydrogen-bond donors (Lipinski definition) is 1. The van der Waals surface area contributed by atoms with E-state index in [0.717, 1.165) is 26.2 Å². The standard InChI is InChI=1S/C15H25NO/c1-11-9-12(2)14(4)15(13(11)3)10-17-8-6-7-16-5/h9,16H,6-8,10H2,1-5H3. The van der Waals surface area contributed by atoms with Gasteiger partial charge in [-0.25, -0.2) is 0 Å². The molecule has 0 aliphatic rings. The fourth-order valence-electron chi connectivity index (χ4n) is 2.04. The van der Waals surface area contributed by atoms with Gasteiger partial charge < -0.3 is 10.1 Å². The van der Waals surface area contributed by atoms with Gasteiger partial charge in [0.2, 0.25) is 0 Å². The highest BCUT2D eigenvalue weighted by molar-refractivity contribution is 5.43. The summed E-state index contributed by atoms with van der Waals surface area (Å²) in [6.07, 6.45) is 1.07. The summed E-state index contributed by atoms with van der Waals surface area (Å²) >= 11 is 0. The molecule has 0 fully saturated rings. The van der Waals surface area contributed by atoms with Crippen molar-refractivity contribution in [3.63, 3.8) is 0 Å². The van der Waals surface area contributed by atoms with Gasteiger partial charge in [-0.3, -0.25) is 0 Å². The molecule has 0 aromatic heterocycles. The predicted molar refractivity (Wildman–Crippen MR) is 73.6 cm³/mol. The molecule has 0 saturated carbocycles. The Labute approximate surface area is 105 Å². The van der Waals surface area contributed by atoms with Crippen molar-refractivity contribution in [1.29, 1.82) is 0 Å². The monoisotopic (exact) mass is 235 g/mol. The number of benzene rings is 1. The van der Waals surface area contributed by atoms with Crippen LogP contribution >= 0.6 is 0 Å². The van der Waals surface area contributed by atoms with Crippen molar-refractivity contribution in [3.05, 3.63) is 33.9 Å². The lowest BCUT2D eigenvalue weighted by atomic mass is 9.95. The van der Waals surface area contributed by atoms with E-state index in [0.29, 0.717) is 0 Å². The van der Waals surface area contributed by atoms with Crippen molar-refractivity contribution < 1.29 is 4.74 Å². The fraction of sp³-hybridized carbons (Fsp3) is 0.600. The molecule has 0 radical (unpaired) electrons. The van der Waals surface area contributed by atoms with Gasteiger partial charge in [0.15, 0.2) is 0 Å². The van der Waals surface area contributed by atoms with Gasteiger partial charge in [0, 0.05) is 6.61 Å². The molecule has 0 amide bonds. The molecule has 17 heavy (non-hydrogen) atoms. The lowest BCUT2D eigenvalue weighted by Crippen LogP contribution is -2.11. The molecular weight excluding hydrogens is 210 g/mol. The smallest absolute Gasteiger partial charge is 0.0722 e. The summed E-state index contributed by atoms with van der Waals surface area (Å²) in [6.45, 7) is 11.3. The minimum absolute atomic E-state index is 0.740. The van der Waals surface area contributed by atoms with Gasteiger partial charge in [0.1, 0.15) is 0 Å². The Morgan fingerprint density at radius 1 is 1.06 bits per heavy atom. The Balaban J connectivity index is 2.64. The average molecular weight is 235 g/mol. The van der Waals surface area contributed by atoms with E-state index in [1.165, 1.54) is 27.8 Å². The third kappa shape index (κ3) is 3.83. The Morgan fingerprint density at radius 3 is 2.18 bits per heavy atom. The van der Waals surface area contributed by atoms with Gasteiger partial charge in [-0.05, 0) is 75.5 Å². The fourth-order valence-corrected chi connectivity index (χ4v) is 2.04. The third-order valence-electron chi connectivity index (χ3n) is 3.48. The lowest BCUT2D eigenvalue weighted by Gasteiger charge is -2.15. The molecule has 0 aliphatic carbocycles. The second-order valence-electron chi connectivity index (χ2n) is 4.75. The molecule has 1 aromatic carbocycles. The van der Waals surface area contributed by atoms with Crippen molar-refractivity contribution in [2.45, 2.75) is 40.7 Å². The summed E-state index contributed by atoms with van der Waals surface area (Å²) in [5, 5.41) is 3.13. The highest BCUT2D eigenvalue weighted by atomic mass is 16.5. The second kappa shape index (κ2) is 6.77. The summed E-state index contributed by atoms with van der Waals surface area (Å²) in [5.74, 6) is 0. The maximum atomic E-state index is 5.75. The Kier molecular flexibility index (Phi) is 5.66. The van der Waals surface area contributed by atoms with Crippen LogP contribution in [0.4, 0.5) is 0 Å². The average Bonchev–Trinajstić information content (AvgIpc) is 2.30. The summed E-state index contributed by atoms with van der Waals surface area (Å²) in [7, 11) is 1.97. The highest BCUT2D eigenvalue weighted by Crippen LogP contribution is 2.22. The van der Waals surface area contributed by atoms with Crippen LogP contribution in [-0.2, 0) is 11.3 Å². The van der Waals surface area contributed by atoms with Crippen LogP contribution < -0.4 is 5.32 Å². The van der Waals surface area contributed by atoms with Crippen molar-refractivity contribution >= 4 is 0 Å². The molecule has 1 N–H and O–H groups in total. The summed E-state index contributed by atoms with van der Waals surface area (Å²) in [5.41, 5.74) is 6.85. The molecular formula is C15H25NO. The third-order valence-corrected chi connectivity index (χ3v) is 3.48. The predicted octanol–water partition coefficient (Wildman–Crippen LogP) is 3.05. The van der Waals surface area contributed by atoms with Crippen LogP contribution in [0.1, 0.15) is 34.2 Å². The van der Waals surface area contributed by atoms with Crippen molar-refractivity contribution in [2.75, 3.05) is 20.2 Å². The Hall–Kier alpha value is -0.860. The maximum Gasteiger partial charge on any atom is 0.0722 e. The van der Waals surface area contributed by atoms with Crippen LogP contribution in [0.3, 0.4) is 0 Å². The van der Waals surface area contributed by atoms with E-state index in [9.17, 15) is 0 Å². The second-order valence-corrected chi connectivity index (χ2v) is 4.75. The van der Waals surface area contributed by atoms with Gasteiger partial charge in [0.05, 0.1) is 6.61 Å². The van der Waals surface area contributed by atoms with Gasteiger partial charge >= 0.3 is 0 Å². The number of aryl methyl sites for hydroxylation is 2. The van der Waals surface area contributed by atoms with Crippen LogP contribution in [0.25, 0.3) is 0 Å². The molecule has 0 heterocycles. The topological polar surface area (TPSA) is 21.3 Å². The zero-order valence-electron chi connectivity index (χ0n) is 11.8. The van der Waals surface area contributed by atoms with Crippen LogP contribution in [0.15, 0.2) is 6.07 Å². The highest BCUT2D eigenvalue weighted by Gasteiger charge is 2.08. The molecule has 1 rings (SSSR count). The first kappa shape index (κ1) is 14.2. The molecule has 0 bridgehead atoms. The lowest BCUT2D eigenvalue weighted by molar-refractivity contribution is 0.118. The van der Waals surface area contributed by atoms with Gasteiger partial charge in [0.25, 0.3) is 0 Å². The summed E-state index contributed by atoms with van der Waals surface area (Å²) in [4.78, 5) is 0. The van der Waals surface area contributed by atoms with Gasteiger partial charge in [-0.1, -0.05) is 6.07 Å².